The fourth-order valence-corrected chi connectivity index (χ4v) is 5.55. The number of rotatable bonds is 9. The average molecular weight is 329 g/mol. The molecule has 0 rings (SSSR count). The summed E-state index contributed by atoms with van der Waals surface area (Å²) in [5.41, 5.74) is 0. The molecule has 0 bridgehead atoms. The van der Waals surface area contributed by atoms with Gasteiger partial charge in [-0.05, 0) is 29.1 Å². The van der Waals surface area contributed by atoms with Gasteiger partial charge < -0.3 is 0 Å². The summed E-state index contributed by atoms with van der Waals surface area (Å²) in [6.07, 6.45) is 2.13. The van der Waals surface area contributed by atoms with Crippen molar-refractivity contribution in [1.29, 1.82) is 0 Å². The normalized spacial score (nSPS) is 10.2. The Balaban J connectivity index is 4.83. The SMILES string of the molecule is CCSC(=CC(Cl)=C(SCC)SCC)SCC. The monoisotopic (exact) mass is 328 g/mol. The minimum Gasteiger partial charge on any atom is -0.120 e. The van der Waals surface area contributed by atoms with Gasteiger partial charge in [-0.15, -0.1) is 47.0 Å². The van der Waals surface area contributed by atoms with Crippen molar-refractivity contribution < 1.29 is 0 Å². The van der Waals surface area contributed by atoms with Gasteiger partial charge in [0, 0.05) is 4.24 Å². The quantitative estimate of drug-likeness (QED) is 0.458. The van der Waals surface area contributed by atoms with Crippen LogP contribution in [0.3, 0.4) is 0 Å². The van der Waals surface area contributed by atoms with Crippen LogP contribution in [0.4, 0.5) is 0 Å². The number of hydrogen-bond donors (Lipinski definition) is 0. The summed E-state index contributed by atoms with van der Waals surface area (Å²) in [7, 11) is 0. The molecule has 0 aliphatic carbocycles. The molecule has 0 atom stereocenters. The standard InChI is InChI=1S/C12H21ClS4/c1-5-14-11(15-6-2)9-10(13)12(16-7-3)17-8-4/h9H,5-8H2,1-4H3. The van der Waals surface area contributed by atoms with Crippen LogP contribution in [0.25, 0.3) is 0 Å². The lowest BCUT2D eigenvalue weighted by Crippen LogP contribution is -1.81. The maximum Gasteiger partial charge on any atom is 0.0622 e. The predicted octanol–water partition coefficient (Wildman–Crippen LogP) is 6.25. The number of allylic oxidation sites excluding steroid dienone is 2. The van der Waals surface area contributed by atoms with Crippen LogP contribution < -0.4 is 0 Å². The third-order valence-corrected chi connectivity index (χ3v) is 6.42. The summed E-state index contributed by atoms with van der Waals surface area (Å²) >= 11 is 13.8. The third kappa shape index (κ3) is 8.82. The molecule has 0 aromatic carbocycles. The van der Waals surface area contributed by atoms with Gasteiger partial charge >= 0.3 is 0 Å². The lowest BCUT2D eigenvalue weighted by atomic mass is 10.6. The van der Waals surface area contributed by atoms with Gasteiger partial charge in [-0.2, -0.15) is 0 Å². The van der Waals surface area contributed by atoms with Gasteiger partial charge in [-0.3, -0.25) is 0 Å². The maximum absolute atomic E-state index is 6.41. The van der Waals surface area contributed by atoms with Gasteiger partial charge in [0.2, 0.25) is 0 Å². The fourth-order valence-electron chi connectivity index (χ4n) is 1.01. The van der Waals surface area contributed by atoms with Gasteiger partial charge in [-0.25, -0.2) is 0 Å². The summed E-state index contributed by atoms with van der Waals surface area (Å²) in [6.45, 7) is 8.68. The van der Waals surface area contributed by atoms with E-state index in [0.29, 0.717) is 0 Å². The molecule has 0 fully saturated rings. The first-order valence-electron chi connectivity index (χ1n) is 5.82. The zero-order valence-corrected chi connectivity index (χ0v) is 14.9. The van der Waals surface area contributed by atoms with E-state index in [4.69, 9.17) is 11.6 Å². The van der Waals surface area contributed by atoms with Crippen molar-refractivity contribution in [3.63, 3.8) is 0 Å². The second-order valence-electron chi connectivity index (χ2n) is 2.83. The average Bonchev–Trinajstić information content (AvgIpc) is 2.29. The zero-order valence-electron chi connectivity index (χ0n) is 10.9. The van der Waals surface area contributed by atoms with E-state index in [2.05, 4.69) is 33.8 Å². The molecule has 0 saturated heterocycles. The van der Waals surface area contributed by atoms with Gasteiger partial charge in [-0.1, -0.05) is 39.3 Å². The lowest BCUT2D eigenvalue weighted by molar-refractivity contribution is 1.52. The van der Waals surface area contributed by atoms with Crippen molar-refractivity contribution in [2.24, 2.45) is 0 Å². The highest BCUT2D eigenvalue weighted by Gasteiger charge is 2.05. The highest BCUT2D eigenvalue weighted by Crippen LogP contribution is 2.37. The first-order valence-corrected chi connectivity index (χ1v) is 10.1. The Labute approximate surface area is 128 Å². The molecule has 17 heavy (non-hydrogen) atoms. The molecule has 0 spiro atoms. The molecule has 0 saturated carbocycles. The van der Waals surface area contributed by atoms with E-state index in [0.717, 1.165) is 28.0 Å². The summed E-state index contributed by atoms with van der Waals surface area (Å²) in [5.74, 6) is 4.34. The maximum atomic E-state index is 6.41. The Kier molecular flexibility index (Phi) is 13.1. The van der Waals surface area contributed by atoms with E-state index in [1.807, 2.05) is 47.0 Å². The summed E-state index contributed by atoms with van der Waals surface area (Å²) in [6, 6.07) is 0. The van der Waals surface area contributed by atoms with Crippen molar-refractivity contribution in [2.75, 3.05) is 23.0 Å². The number of hydrogen-bond acceptors (Lipinski definition) is 4. The molecule has 0 N–H and O–H groups in total. The first-order chi connectivity index (χ1) is 8.19. The van der Waals surface area contributed by atoms with Crippen LogP contribution in [-0.2, 0) is 0 Å². The van der Waals surface area contributed by atoms with Crippen molar-refractivity contribution in [1.82, 2.24) is 0 Å². The summed E-state index contributed by atoms with van der Waals surface area (Å²) in [4.78, 5) is 0. The zero-order chi connectivity index (χ0) is 13.1. The molecule has 0 aromatic heterocycles. The van der Waals surface area contributed by atoms with Crippen LogP contribution in [0.2, 0.25) is 0 Å². The van der Waals surface area contributed by atoms with E-state index in [-0.39, 0.29) is 0 Å². The van der Waals surface area contributed by atoms with Crippen molar-refractivity contribution in [3.05, 3.63) is 19.6 Å². The second kappa shape index (κ2) is 12.2. The Bertz CT molecular complexity index is 245. The Morgan fingerprint density at radius 2 is 1.24 bits per heavy atom. The number of halogens is 1. The Morgan fingerprint density at radius 3 is 1.59 bits per heavy atom. The molecular weight excluding hydrogens is 308 g/mol. The van der Waals surface area contributed by atoms with Gasteiger partial charge in [0.15, 0.2) is 0 Å². The Hall–Kier alpha value is 1.17. The summed E-state index contributed by atoms with van der Waals surface area (Å²) < 4.78 is 2.58. The molecule has 5 heteroatoms. The van der Waals surface area contributed by atoms with Crippen molar-refractivity contribution >= 4 is 58.6 Å². The van der Waals surface area contributed by atoms with Crippen LogP contribution in [0, 0.1) is 0 Å². The smallest absolute Gasteiger partial charge is 0.0622 e. The molecule has 0 aliphatic heterocycles. The van der Waals surface area contributed by atoms with Crippen LogP contribution in [-0.4, -0.2) is 23.0 Å². The minimum absolute atomic E-state index is 0.903. The predicted molar refractivity (Wildman–Crippen MR) is 93.5 cm³/mol. The van der Waals surface area contributed by atoms with Gasteiger partial charge in [0.1, 0.15) is 0 Å². The van der Waals surface area contributed by atoms with E-state index in [1.54, 1.807) is 0 Å². The number of thioether (sulfide) groups is 4. The fraction of sp³-hybridized carbons (Fsp3) is 0.667. The van der Waals surface area contributed by atoms with Crippen LogP contribution in [0.5, 0.6) is 0 Å². The van der Waals surface area contributed by atoms with E-state index in [9.17, 15) is 0 Å². The van der Waals surface area contributed by atoms with Crippen LogP contribution in [0.15, 0.2) is 19.6 Å². The molecule has 0 amide bonds. The largest absolute Gasteiger partial charge is 0.120 e. The summed E-state index contributed by atoms with van der Waals surface area (Å²) in [5, 5.41) is 0.903. The molecule has 100 valence electrons. The van der Waals surface area contributed by atoms with Crippen LogP contribution >= 0.6 is 58.6 Å². The highest BCUT2D eigenvalue weighted by atomic mass is 35.5. The molecular formula is C12H21ClS4. The topological polar surface area (TPSA) is 0 Å². The van der Waals surface area contributed by atoms with E-state index < -0.39 is 0 Å². The first kappa shape index (κ1) is 18.2. The third-order valence-electron chi connectivity index (χ3n) is 1.56. The van der Waals surface area contributed by atoms with Gasteiger partial charge in [0.05, 0.1) is 9.27 Å². The highest BCUT2D eigenvalue weighted by molar-refractivity contribution is 8.22. The van der Waals surface area contributed by atoms with E-state index in [1.165, 1.54) is 8.47 Å². The molecule has 0 unspecified atom stereocenters. The second-order valence-corrected chi connectivity index (χ2v) is 8.92. The van der Waals surface area contributed by atoms with Crippen molar-refractivity contribution in [2.45, 2.75) is 27.7 Å². The van der Waals surface area contributed by atoms with Crippen LogP contribution in [0.1, 0.15) is 27.7 Å². The van der Waals surface area contributed by atoms with Gasteiger partial charge in [0.25, 0.3) is 0 Å². The molecule has 0 radical (unpaired) electrons. The Morgan fingerprint density at radius 1 is 0.824 bits per heavy atom. The molecule has 0 heterocycles. The minimum atomic E-state index is 0.903. The lowest BCUT2D eigenvalue weighted by Gasteiger charge is -2.07. The molecule has 0 nitrogen and oxygen atoms in total. The molecule has 0 aliphatic rings. The van der Waals surface area contributed by atoms with Crippen molar-refractivity contribution in [3.8, 4) is 0 Å². The molecule has 0 aromatic rings. The van der Waals surface area contributed by atoms with E-state index >= 15 is 0 Å².